The van der Waals surface area contributed by atoms with E-state index in [1.165, 1.54) is 10.6 Å². The van der Waals surface area contributed by atoms with Crippen LogP contribution in [0.4, 0.5) is 8.78 Å². The first kappa shape index (κ1) is 17.2. The number of aromatic nitrogens is 1. The first-order valence-electron chi connectivity index (χ1n) is 7.54. The van der Waals surface area contributed by atoms with Crippen LogP contribution in [0.5, 0.6) is 5.75 Å². The van der Waals surface area contributed by atoms with Crippen molar-refractivity contribution in [2.24, 2.45) is 0 Å². The third kappa shape index (κ3) is 4.06. The summed E-state index contributed by atoms with van der Waals surface area (Å²) in [5, 5.41) is -0.0825. The number of nitrogens with zero attached hydrogens (tertiary/aromatic N) is 1. The highest BCUT2D eigenvalue weighted by molar-refractivity contribution is 6.31. The molecule has 0 saturated heterocycles. The second-order valence-corrected chi connectivity index (χ2v) is 5.81. The molecular weight excluding hydrogens is 348 g/mol. The summed E-state index contributed by atoms with van der Waals surface area (Å²) in [6.07, 6.45) is 1.57. The van der Waals surface area contributed by atoms with Crippen LogP contribution in [0.1, 0.15) is 11.1 Å². The topological polar surface area (TPSA) is 31.2 Å². The monoisotopic (exact) mass is 361 g/mol. The van der Waals surface area contributed by atoms with Gasteiger partial charge in [-0.3, -0.25) is 4.79 Å². The fourth-order valence-electron chi connectivity index (χ4n) is 2.34. The largest absolute Gasteiger partial charge is 0.487 e. The normalized spacial score (nSPS) is 10.7. The maximum Gasteiger partial charge on any atom is 0.273 e. The van der Waals surface area contributed by atoms with Gasteiger partial charge in [0.15, 0.2) is 0 Å². The molecule has 0 spiro atoms. The lowest BCUT2D eigenvalue weighted by Crippen LogP contribution is -2.21. The summed E-state index contributed by atoms with van der Waals surface area (Å²) >= 11 is 6.08. The van der Waals surface area contributed by atoms with Gasteiger partial charge in [0.2, 0.25) is 0 Å². The van der Waals surface area contributed by atoms with Crippen LogP contribution in [0.15, 0.2) is 65.6 Å². The number of pyridine rings is 1. The van der Waals surface area contributed by atoms with Gasteiger partial charge in [-0.05, 0) is 23.8 Å². The Kier molecular flexibility index (Phi) is 5.14. The van der Waals surface area contributed by atoms with Gasteiger partial charge in [0.25, 0.3) is 5.56 Å². The number of benzene rings is 2. The van der Waals surface area contributed by atoms with Gasteiger partial charge < -0.3 is 9.30 Å². The third-order valence-corrected chi connectivity index (χ3v) is 4.01. The van der Waals surface area contributed by atoms with Gasteiger partial charge in [0.05, 0.1) is 6.54 Å². The molecule has 6 heteroatoms. The molecule has 3 rings (SSSR count). The summed E-state index contributed by atoms with van der Waals surface area (Å²) < 4.78 is 33.4. The van der Waals surface area contributed by atoms with Crippen LogP contribution in [0, 0.1) is 11.6 Å². The maximum atomic E-state index is 13.6. The van der Waals surface area contributed by atoms with Crippen molar-refractivity contribution >= 4 is 11.6 Å². The standard InChI is InChI=1S/C19H14ClF2NO2/c20-18-17(25-12-14-6-7-15(21)10-16(14)22)8-9-23(19(18)24)11-13-4-2-1-3-5-13/h1-10H,11-12H2. The van der Waals surface area contributed by atoms with E-state index in [0.717, 1.165) is 17.7 Å². The quantitative estimate of drug-likeness (QED) is 0.674. The molecule has 2 aromatic carbocycles. The van der Waals surface area contributed by atoms with Crippen LogP contribution >= 0.6 is 11.6 Å². The summed E-state index contributed by atoms with van der Waals surface area (Å²) in [6, 6.07) is 14.2. The van der Waals surface area contributed by atoms with Crippen LogP contribution in [0.25, 0.3) is 0 Å². The van der Waals surface area contributed by atoms with Crippen molar-refractivity contribution in [2.75, 3.05) is 0 Å². The Morgan fingerprint density at radius 2 is 1.80 bits per heavy atom. The SMILES string of the molecule is O=c1c(Cl)c(OCc2ccc(F)cc2F)ccn1Cc1ccccc1. The van der Waals surface area contributed by atoms with E-state index in [4.69, 9.17) is 16.3 Å². The van der Waals surface area contributed by atoms with Crippen LogP contribution in [-0.2, 0) is 13.2 Å². The number of halogens is 3. The van der Waals surface area contributed by atoms with Gasteiger partial charge >= 0.3 is 0 Å². The van der Waals surface area contributed by atoms with Gasteiger partial charge in [-0.2, -0.15) is 0 Å². The number of ether oxygens (including phenoxy) is 1. The predicted molar refractivity (Wildman–Crippen MR) is 91.9 cm³/mol. The Morgan fingerprint density at radius 3 is 2.52 bits per heavy atom. The van der Waals surface area contributed by atoms with Crippen LogP contribution in [0.3, 0.4) is 0 Å². The van der Waals surface area contributed by atoms with E-state index in [0.29, 0.717) is 6.54 Å². The minimum atomic E-state index is -0.714. The van der Waals surface area contributed by atoms with E-state index in [1.807, 2.05) is 30.3 Å². The summed E-state index contributed by atoms with van der Waals surface area (Å²) in [6.45, 7) is 0.222. The molecule has 1 aromatic heterocycles. The second kappa shape index (κ2) is 7.49. The van der Waals surface area contributed by atoms with Crippen molar-refractivity contribution in [3.63, 3.8) is 0 Å². The van der Waals surface area contributed by atoms with E-state index in [2.05, 4.69) is 0 Å². The highest BCUT2D eigenvalue weighted by Crippen LogP contribution is 2.22. The van der Waals surface area contributed by atoms with E-state index in [1.54, 1.807) is 12.3 Å². The lowest BCUT2D eigenvalue weighted by atomic mass is 10.2. The molecule has 0 bridgehead atoms. The lowest BCUT2D eigenvalue weighted by Gasteiger charge is -2.11. The highest BCUT2D eigenvalue weighted by atomic mass is 35.5. The Labute approximate surface area is 148 Å². The Balaban J connectivity index is 1.77. The van der Waals surface area contributed by atoms with Crippen molar-refractivity contribution in [3.8, 4) is 5.75 Å². The molecule has 0 radical (unpaired) electrons. The second-order valence-electron chi connectivity index (χ2n) is 5.44. The van der Waals surface area contributed by atoms with Crippen molar-refractivity contribution < 1.29 is 13.5 Å². The van der Waals surface area contributed by atoms with Crippen molar-refractivity contribution in [1.29, 1.82) is 0 Å². The van der Waals surface area contributed by atoms with Crippen LogP contribution in [0.2, 0.25) is 5.02 Å². The van der Waals surface area contributed by atoms with Crippen molar-refractivity contribution in [1.82, 2.24) is 4.57 Å². The fraction of sp³-hybridized carbons (Fsp3) is 0.105. The molecule has 0 aliphatic carbocycles. The Bertz CT molecular complexity index is 942. The molecule has 0 aliphatic heterocycles. The highest BCUT2D eigenvalue weighted by Gasteiger charge is 2.11. The molecule has 3 aromatic rings. The number of hydrogen-bond acceptors (Lipinski definition) is 2. The minimum Gasteiger partial charge on any atom is -0.487 e. The Hall–Kier alpha value is -2.66. The van der Waals surface area contributed by atoms with Gasteiger partial charge in [-0.1, -0.05) is 41.9 Å². The smallest absolute Gasteiger partial charge is 0.273 e. The molecule has 25 heavy (non-hydrogen) atoms. The summed E-state index contributed by atoms with van der Waals surface area (Å²) in [5.74, 6) is -1.23. The number of hydrogen-bond donors (Lipinski definition) is 0. The molecule has 128 valence electrons. The first-order valence-corrected chi connectivity index (χ1v) is 7.92. The van der Waals surface area contributed by atoms with Crippen LogP contribution in [-0.4, -0.2) is 4.57 Å². The van der Waals surface area contributed by atoms with E-state index in [-0.39, 0.29) is 22.9 Å². The van der Waals surface area contributed by atoms with E-state index in [9.17, 15) is 13.6 Å². The predicted octanol–water partition coefficient (Wildman–Crippen LogP) is 4.41. The van der Waals surface area contributed by atoms with E-state index < -0.39 is 17.2 Å². The van der Waals surface area contributed by atoms with Gasteiger partial charge in [0.1, 0.15) is 29.0 Å². The van der Waals surface area contributed by atoms with Crippen LogP contribution < -0.4 is 10.3 Å². The summed E-state index contributed by atoms with van der Waals surface area (Å²) in [7, 11) is 0. The van der Waals surface area contributed by atoms with E-state index >= 15 is 0 Å². The van der Waals surface area contributed by atoms with Gasteiger partial charge in [-0.15, -0.1) is 0 Å². The lowest BCUT2D eigenvalue weighted by molar-refractivity contribution is 0.298. The zero-order valence-corrected chi connectivity index (χ0v) is 13.8. The van der Waals surface area contributed by atoms with Crippen molar-refractivity contribution in [2.45, 2.75) is 13.2 Å². The average Bonchev–Trinajstić information content (AvgIpc) is 2.61. The molecule has 0 fully saturated rings. The molecule has 0 atom stereocenters. The van der Waals surface area contributed by atoms with Crippen molar-refractivity contribution in [3.05, 3.63) is 98.9 Å². The first-order chi connectivity index (χ1) is 12.0. The third-order valence-electron chi connectivity index (χ3n) is 3.66. The molecule has 0 unspecified atom stereocenters. The summed E-state index contributed by atoms with van der Waals surface area (Å²) in [4.78, 5) is 12.3. The zero-order valence-electron chi connectivity index (χ0n) is 13.1. The van der Waals surface area contributed by atoms with Gasteiger partial charge in [0, 0.05) is 17.8 Å². The zero-order chi connectivity index (χ0) is 17.8. The molecular formula is C19H14ClF2NO2. The molecule has 0 aliphatic rings. The molecule has 0 N–H and O–H groups in total. The minimum absolute atomic E-state index is 0.0825. The molecule has 3 nitrogen and oxygen atoms in total. The van der Waals surface area contributed by atoms with Gasteiger partial charge in [-0.25, -0.2) is 8.78 Å². The fourth-order valence-corrected chi connectivity index (χ4v) is 2.57. The molecule has 1 heterocycles. The Morgan fingerprint density at radius 1 is 1.04 bits per heavy atom. The molecule has 0 amide bonds. The summed E-state index contributed by atoms with van der Waals surface area (Å²) in [5.41, 5.74) is 0.733. The number of rotatable bonds is 5. The molecule has 0 saturated carbocycles. The maximum absolute atomic E-state index is 13.6. The average molecular weight is 362 g/mol.